The number of anilines is 1. The number of rotatable bonds is 6. The van der Waals surface area contributed by atoms with Gasteiger partial charge in [-0.15, -0.1) is 11.3 Å². The second-order valence-corrected chi connectivity index (χ2v) is 9.51. The van der Waals surface area contributed by atoms with E-state index < -0.39 is 5.97 Å². The van der Waals surface area contributed by atoms with Gasteiger partial charge in [-0.05, 0) is 54.7 Å². The van der Waals surface area contributed by atoms with Crippen molar-refractivity contribution in [2.24, 2.45) is 5.92 Å². The Bertz CT molecular complexity index is 911. The van der Waals surface area contributed by atoms with Crippen LogP contribution in [0.5, 0.6) is 0 Å². The van der Waals surface area contributed by atoms with Crippen LogP contribution in [0, 0.1) is 5.92 Å². The van der Waals surface area contributed by atoms with Gasteiger partial charge in [0.05, 0.1) is 7.11 Å². The van der Waals surface area contributed by atoms with Crippen LogP contribution in [0.25, 0.3) is 11.1 Å². The van der Waals surface area contributed by atoms with Crippen LogP contribution < -0.4 is 5.32 Å². The number of thiophene rings is 1. The zero-order valence-electron chi connectivity index (χ0n) is 17.8. The van der Waals surface area contributed by atoms with E-state index in [4.69, 9.17) is 4.74 Å². The molecule has 0 bridgehead atoms. The van der Waals surface area contributed by atoms with E-state index in [9.17, 15) is 9.59 Å². The second-order valence-electron chi connectivity index (χ2n) is 8.63. The molecule has 2 aliphatic carbocycles. The third-order valence-electron chi connectivity index (χ3n) is 6.60. The number of methoxy groups -OCH3 is 1. The van der Waals surface area contributed by atoms with E-state index in [1.807, 2.05) is 5.38 Å². The smallest absolute Gasteiger partial charge is 0.341 e. The highest BCUT2D eigenvalue weighted by Gasteiger charge is 2.23. The van der Waals surface area contributed by atoms with E-state index in [0.29, 0.717) is 22.9 Å². The van der Waals surface area contributed by atoms with Crippen molar-refractivity contribution in [1.29, 1.82) is 0 Å². The SMILES string of the molecule is COC(=O)c1c(-c2ccc3c(c2)CCCC3)csc1NC(=O)CCC1CCCCC1. The van der Waals surface area contributed by atoms with Crippen LogP contribution in [-0.4, -0.2) is 19.0 Å². The zero-order chi connectivity index (χ0) is 20.9. The van der Waals surface area contributed by atoms with Crippen molar-refractivity contribution in [3.05, 3.63) is 40.3 Å². The molecule has 2 aliphatic rings. The Balaban J connectivity index is 1.52. The Morgan fingerprint density at radius 2 is 1.83 bits per heavy atom. The molecule has 1 saturated carbocycles. The van der Waals surface area contributed by atoms with E-state index in [-0.39, 0.29) is 5.91 Å². The summed E-state index contributed by atoms with van der Waals surface area (Å²) in [4.78, 5) is 25.2. The number of esters is 1. The van der Waals surface area contributed by atoms with E-state index in [2.05, 4.69) is 23.5 Å². The van der Waals surface area contributed by atoms with Crippen molar-refractivity contribution in [3.8, 4) is 11.1 Å². The maximum absolute atomic E-state index is 12.6. The van der Waals surface area contributed by atoms with Gasteiger partial charge in [0.15, 0.2) is 0 Å². The van der Waals surface area contributed by atoms with E-state index in [1.54, 1.807) is 0 Å². The van der Waals surface area contributed by atoms with E-state index in [0.717, 1.165) is 30.4 Å². The lowest BCUT2D eigenvalue weighted by molar-refractivity contribution is -0.116. The largest absolute Gasteiger partial charge is 0.465 e. The molecule has 160 valence electrons. The molecule has 4 rings (SSSR count). The number of nitrogens with one attached hydrogen (secondary N) is 1. The van der Waals surface area contributed by atoms with Gasteiger partial charge in [-0.25, -0.2) is 4.79 Å². The van der Waals surface area contributed by atoms with E-state index in [1.165, 1.54) is 74.5 Å². The fourth-order valence-electron chi connectivity index (χ4n) is 4.87. The number of ether oxygens (including phenoxy) is 1. The van der Waals surface area contributed by atoms with Crippen molar-refractivity contribution in [3.63, 3.8) is 0 Å². The molecule has 1 aromatic heterocycles. The third-order valence-corrected chi connectivity index (χ3v) is 7.49. The maximum Gasteiger partial charge on any atom is 0.341 e. The Morgan fingerprint density at radius 3 is 2.60 bits per heavy atom. The van der Waals surface area contributed by atoms with Crippen molar-refractivity contribution in [2.75, 3.05) is 12.4 Å². The Hall–Kier alpha value is -2.14. The van der Waals surface area contributed by atoms with Gasteiger partial charge in [-0.2, -0.15) is 0 Å². The van der Waals surface area contributed by atoms with Gasteiger partial charge in [-0.1, -0.05) is 50.3 Å². The predicted molar refractivity (Wildman–Crippen MR) is 122 cm³/mol. The molecule has 30 heavy (non-hydrogen) atoms. The quantitative estimate of drug-likeness (QED) is 0.546. The average molecular weight is 426 g/mol. The minimum atomic E-state index is -0.397. The number of hydrogen-bond donors (Lipinski definition) is 1. The number of fused-ring (bicyclic) bond motifs is 1. The van der Waals surface area contributed by atoms with Crippen LogP contribution in [0.1, 0.15) is 79.3 Å². The van der Waals surface area contributed by atoms with Gasteiger partial charge in [0.25, 0.3) is 0 Å². The number of benzene rings is 1. The number of carbonyl (C=O) groups is 2. The normalized spacial score (nSPS) is 16.7. The Labute approximate surface area is 183 Å². The van der Waals surface area contributed by atoms with Crippen LogP contribution in [0.15, 0.2) is 23.6 Å². The molecule has 4 nitrogen and oxygen atoms in total. The van der Waals surface area contributed by atoms with Crippen LogP contribution in [0.4, 0.5) is 5.00 Å². The highest BCUT2D eigenvalue weighted by molar-refractivity contribution is 7.15. The highest BCUT2D eigenvalue weighted by Crippen LogP contribution is 2.38. The summed E-state index contributed by atoms with van der Waals surface area (Å²) in [5.41, 5.74) is 5.14. The Morgan fingerprint density at radius 1 is 1.07 bits per heavy atom. The van der Waals surface area contributed by atoms with Crippen molar-refractivity contribution in [2.45, 2.75) is 70.6 Å². The summed E-state index contributed by atoms with van der Waals surface area (Å²) in [6.07, 6.45) is 12.5. The van der Waals surface area contributed by atoms with E-state index >= 15 is 0 Å². The summed E-state index contributed by atoms with van der Waals surface area (Å²) >= 11 is 1.41. The van der Waals surface area contributed by atoms with Gasteiger partial charge in [-0.3, -0.25) is 4.79 Å². The zero-order valence-corrected chi connectivity index (χ0v) is 18.6. The van der Waals surface area contributed by atoms with Gasteiger partial charge < -0.3 is 10.1 Å². The third kappa shape index (κ3) is 4.77. The lowest BCUT2D eigenvalue weighted by Crippen LogP contribution is -2.16. The number of carbonyl (C=O) groups excluding carboxylic acids is 2. The first kappa shape index (κ1) is 21.1. The summed E-state index contributed by atoms with van der Waals surface area (Å²) in [6, 6.07) is 6.48. The minimum Gasteiger partial charge on any atom is -0.465 e. The van der Waals surface area contributed by atoms with Crippen LogP contribution >= 0.6 is 11.3 Å². The molecule has 0 unspecified atom stereocenters. The molecule has 1 N–H and O–H groups in total. The molecule has 1 aromatic carbocycles. The standard InChI is InChI=1S/C25H31NO3S/c1-29-25(28)23-21(20-13-12-18-9-5-6-10-19(18)15-20)16-30-24(23)26-22(27)14-11-17-7-3-2-4-8-17/h12-13,15-17H,2-11,14H2,1H3,(H,26,27). The molecule has 1 amide bonds. The van der Waals surface area contributed by atoms with Crippen LogP contribution in [0.2, 0.25) is 0 Å². The first-order valence-corrected chi connectivity index (χ1v) is 12.2. The van der Waals surface area contributed by atoms with Crippen molar-refractivity contribution < 1.29 is 14.3 Å². The molecule has 0 radical (unpaired) electrons. The van der Waals surface area contributed by atoms with Crippen molar-refractivity contribution in [1.82, 2.24) is 0 Å². The minimum absolute atomic E-state index is 0.00966. The summed E-state index contributed by atoms with van der Waals surface area (Å²) in [6.45, 7) is 0. The number of hydrogen-bond acceptors (Lipinski definition) is 4. The maximum atomic E-state index is 12.6. The number of aryl methyl sites for hydroxylation is 2. The molecular weight excluding hydrogens is 394 g/mol. The molecule has 5 heteroatoms. The summed E-state index contributed by atoms with van der Waals surface area (Å²) in [5.74, 6) is 0.259. The molecule has 0 aliphatic heterocycles. The van der Waals surface area contributed by atoms with Gasteiger partial charge >= 0.3 is 5.97 Å². The number of amides is 1. The average Bonchev–Trinajstić information content (AvgIpc) is 3.21. The molecule has 2 aromatic rings. The van der Waals surface area contributed by atoms with Gasteiger partial charge in [0.2, 0.25) is 5.91 Å². The topological polar surface area (TPSA) is 55.4 Å². The van der Waals surface area contributed by atoms with Gasteiger partial charge in [0.1, 0.15) is 10.6 Å². The van der Waals surface area contributed by atoms with Crippen molar-refractivity contribution >= 4 is 28.2 Å². The molecular formula is C25H31NO3S. The first-order valence-electron chi connectivity index (χ1n) is 11.3. The van der Waals surface area contributed by atoms with Gasteiger partial charge in [0, 0.05) is 17.4 Å². The fraction of sp³-hybridized carbons (Fsp3) is 0.520. The molecule has 0 spiro atoms. The summed E-state index contributed by atoms with van der Waals surface area (Å²) in [7, 11) is 1.39. The lowest BCUT2D eigenvalue weighted by Gasteiger charge is -2.21. The molecule has 0 atom stereocenters. The molecule has 1 fully saturated rings. The molecule has 0 saturated heterocycles. The monoisotopic (exact) mass is 425 g/mol. The summed E-state index contributed by atoms with van der Waals surface area (Å²) < 4.78 is 5.06. The fourth-order valence-corrected chi connectivity index (χ4v) is 5.84. The predicted octanol–water partition coefficient (Wildman–Crippen LogP) is 6.38. The second kappa shape index (κ2) is 9.78. The van der Waals surface area contributed by atoms with Crippen LogP contribution in [-0.2, 0) is 22.4 Å². The Kier molecular flexibility index (Phi) is 6.88. The first-order chi connectivity index (χ1) is 14.7. The summed E-state index contributed by atoms with van der Waals surface area (Å²) in [5, 5.41) is 5.56. The highest BCUT2D eigenvalue weighted by atomic mass is 32.1. The lowest BCUT2D eigenvalue weighted by atomic mass is 9.86. The molecule has 1 heterocycles. The van der Waals surface area contributed by atoms with Crippen LogP contribution in [0.3, 0.4) is 0 Å².